The maximum absolute atomic E-state index is 12.0. The van der Waals surface area contributed by atoms with Crippen LogP contribution in [-0.4, -0.2) is 21.0 Å². The quantitative estimate of drug-likeness (QED) is 0.565. The molecule has 25 heavy (non-hydrogen) atoms. The fourth-order valence-corrected chi connectivity index (χ4v) is 2.14. The average molecular weight is 338 g/mol. The van der Waals surface area contributed by atoms with Crippen molar-refractivity contribution >= 4 is 11.6 Å². The highest BCUT2D eigenvalue weighted by Gasteiger charge is 2.12. The lowest BCUT2D eigenvalue weighted by molar-refractivity contribution is -0.384. The van der Waals surface area contributed by atoms with E-state index < -0.39 is 4.92 Å². The fraction of sp³-hybridized carbons (Fsp3) is 0.118. The molecule has 1 heterocycles. The first-order valence-corrected chi connectivity index (χ1v) is 7.45. The lowest BCUT2D eigenvalue weighted by atomic mass is 10.1. The SMILES string of the molecule is Cc1ccc(-c2noc(CNC(=O)c3ccc([N+](=O)[O-])cc3)n2)cc1. The van der Waals surface area contributed by atoms with Crippen LogP contribution in [0.3, 0.4) is 0 Å². The number of nitro benzene ring substituents is 1. The first-order valence-electron chi connectivity index (χ1n) is 7.45. The Morgan fingerprint density at radius 2 is 1.84 bits per heavy atom. The van der Waals surface area contributed by atoms with Crippen LogP contribution in [0.4, 0.5) is 5.69 Å². The maximum atomic E-state index is 12.0. The van der Waals surface area contributed by atoms with Gasteiger partial charge < -0.3 is 9.84 Å². The number of non-ortho nitro benzene ring substituents is 1. The Morgan fingerprint density at radius 1 is 1.16 bits per heavy atom. The molecule has 0 unspecified atom stereocenters. The molecule has 3 aromatic rings. The minimum atomic E-state index is -0.521. The summed E-state index contributed by atoms with van der Waals surface area (Å²) in [5.41, 5.74) is 2.19. The molecule has 1 aromatic heterocycles. The summed E-state index contributed by atoms with van der Waals surface area (Å²) in [6, 6.07) is 13.0. The lowest BCUT2D eigenvalue weighted by Gasteiger charge is -2.01. The van der Waals surface area contributed by atoms with E-state index in [-0.39, 0.29) is 24.0 Å². The minimum absolute atomic E-state index is 0.0642. The van der Waals surface area contributed by atoms with E-state index in [1.165, 1.54) is 24.3 Å². The van der Waals surface area contributed by atoms with Crippen molar-refractivity contribution in [3.63, 3.8) is 0 Å². The van der Waals surface area contributed by atoms with Crippen molar-refractivity contribution in [2.75, 3.05) is 0 Å². The number of nitro groups is 1. The molecule has 2 aromatic carbocycles. The van der Waals surface area contributed by atoms with Gasteiger partial charge in [0.05, 0.1) is 11.5 Å². The first kappa shape index (κ1) is 16.3. The van der Waals surface area contributed by atoms with Gasteiger partial charge in [0.1, 0.15) is 0 Å². The second-order valence-electron chi connectivity index (χ2n) is 5.36. The molecule has 0 aliphatic rings. The number of amides is 1. The molecule has 0 bridgehead atoms. The van der Waals surface area contributed by atoms with E-state index in [0.29, 0.717) is 11.4 Å². The number of benzene rings is 2. The monoisotopic (exact) mass is 338 g/mol. The third kappa shape index (κ3) is 3.86. The molecular weight excluding hydrogens is 324 g/mol. The Kier molecular flexibility index (Phi) is 4.51. The van der Waals surface area contributed by atoms with Crippen LogP contribution < -0.4 is 5.32 Å². The summed E-state index contributed by atoms with van der Waals surface area (Å²) < 4.78 is 5.12. The number of hydrogen-bond acceptors (Lipinski definition) is 6. The van der Waals surface area contributed by atoms with Crippen LogP contribution in [0.25, 0.3) is 11.4 Å². The molecule has 1 amide bonds. The van der Waals surface area contributed by atoms with E-state index in [0.717, 1.165) is 11.1 Å². The van der Waals surface area contributed by atoms with Crippen molar-refractivity contribution in [1.29, 1.82) is 0 Å². The van der Waals surface area contributed by atoms with E-state index in [1.807, 2.05) is 31.2 Å². The number of nitrogens with one attached hydrogen (secondary N) is 1. The number of rotatable bonds is 5. The van der Waals surface area contributed by atoms with Gasteiger partial charge in [0.15, 0.2) is 0 Å². The van der Waals surface area contributed by atoms with Crippen LogP contribution in [-0.2, 0) is 6.54 Å². The van der Waals surface area contributed by atoms with Crippen molar-refractivity contribution in [2.45, 2.75) is 13.5 Å². The van der Waals surface area contributed by atoms with Crippen LogP contribution in [0.1, 0.15) is 21.8 Å². The molecule has 8 heteroatoms. The van der Waals surface area contributed by atoms with E-state index in [4.69, 9.17) is 4.52 Å². The van der Waals surface area contributed by atoms with Gasteiger partial charge in [-0.05, 0) is 19.1 Å². The average Bonchev–Trinajstić information content (AvgIpc) is 3.09. The minimum Gasteiger partial charge on any atom is -0.343 e. The standard InChI is InChI=1S/C17H14N4O4/c1-11-2-4-12(5-3-11)16-19-15(25-20-16)10-18-17(22)13-6-8-14(9-7-13)21(23)24/h2-9H,10H2,1H3,(H,18,22). The molecule has 0 spiro atoms. The molecule has 0 saturated heterocycles. The Balaban J connectivity index is 1.62. The number of carbonyl (C=O) groups is 1. The molecule has 3 rings (SSSR count). The van der Waals surface area contributed by atoms with Gasteiger partial charge in [0, 0.05) is 23.3 Å². The summed E-state index contributed by atoms with van der Waals surface area (Å²) in [5, 5.41) is 17.1. The van der Waals surface area contributed by atoms with Gasteiger partial charge in [-0.1, -0.05) is 35.0 Å². The number of aryl methyl sites for hydroxylation is 1. The molecule has 0 fully saturated rings. The highest BCUT2D eigenvalue weighted by atomic mass is 16.6. The Labute approximate surface area is 142 Å². The Morgan fingerprint density at radius 3 is 2.48 bits per heavy atom. The smallest absolute Gasteiger partial charge is 0.269 e. The highest BCUT2D eigenvalue weighted by molar-refractivity contribution is 5.94. The molecule has 0 aliphatic heterocycles. The summed E-state index contributed by atoms with van der Waals surface area (Å²) >= 11 is 0. The zero-order valence-electron chi connectivity index (χ0n) is 13.3. The topological polar surface area (TPSA) is 111 Å². The van der Waals surface area contributed by atoms with Crippen molar-refractivity contribution in [3.8, 4) is 11.4 Å². The first-order chi connectivity index (χ1) is 12.0. The molecular formula is C17H14N4O4. The molecule has 0 saturated carbocycles. The molecule has 0 aliphatic carbocycles. The molecule has 0 atom stereocenters. The van der Waals surface area contributed by atoms with Crippen LogP contribution in [0.5, 0.6) is 0 Å². The van der Waals surface area contributed by atoms with E-state index >= 15 is 0 Å². The van der Waals surface area contributed by atoms with Crippen molar-refractivity contribution in [2.24, 2.45) is 0 Å². The van der Waals surface area contributed by atoms with E-state index in [2.05, 4.69) is 15.5 Å². The second kappa shape index (κ2) is 6.91. The summed E-state index contributed by atoms with van der Waals surface area (Å²) in [5.74, 6) is 0.329. The molecule has 126 valence electrons. The normalized spacial score (nSPS) is 10.4. The third-order valence-corrected chi connectivity index (χ3v) is 3.52. The summed E-state index contributed by atoms with van der Waals surface area (Å²) in [4.78, 5) is 26.4. The molecule has 8 nitrogen and oxygen atoms in total. The maximum Gasteiger partial charge on any atom is 0.269 e. The van der Waals surface area contributed by atoms with E-state index in [1.54, 1.807) is 0 Å². The number of nitrogens with zero attached hydrogens (tertiary/aromatic N) is 3. The summed E-state index contributed by atoms with van der Waals surface area (Å²) in [6.07, 6.45) is 0. The second-order valence-corrected chi connectivity index (χ2v) is 5.36. The summed E-state index contributed by atoms with van der Waals surface area (Å²) in [7, 11) is 0. The number of aromatic nitrogens is 2. The Hall–Kier alpha value is -3.55. The number of hydrogen-bond donors (Lipinski definition) is 1. The third-order valence-electron chi connectivity index (χ3n) is 3.52. The van der Waals surface area contributed by atoms with E-state index in [9.17, 15) is 14.9 Å². The van der Waals surface area contributed by atoms with Crippen LogP contribution in [0, 0.1) is 17.0 Å². The lowest BCUT2D eigenvalue weighted by Crippen LogP contribution is -2.22. The van der Waals surface area contributed by atoms with Crippen molar-refractivity contribution in [1.82, 2.24) is 15.5 Å². The van der Waals surface area contributed by atoms with Gasteiger partial charge in [-0.15, -0.1) is 0 Å². The van der Waals surface area contributed by atoms with Crippen LogP contribution in [0.2, 0.25) is 0 Å². The zero-order valence-corrected chi connectivity index (χ0v) is 13.3. The fourth-order valence-electron chi connectivity index (χ4n) is 2.14. The van der Waals surface area contributed by atoms with Gasteiger partial charge in [-0.2, -0.15) is 4.98 Å². The van der Waals surface area contributed by atoms with Gasteiger partial charge in [-0.3, -0.25) is 14.9 Å². The van der Waals surface area contributed by atoms with Gasteiger partial charge >= 0.3 is 0 Å². The molecule has 0 radical (unpaired) electrons. The number of carbonyl (C=O) groups excluding carboxylic acids is 1. The highest BCUT2D eigenvalue weighted by Crippen LogP contribution is 2.16. The zero-order chi connectivity index (χ0) is 17.8. The summed E-state index contributed by atoms with van der Waals surface area (Å²) in [6.45, 7) is 2.05. The predicted molar refractivity (Wildman–Crippen MR) is 88.7 cm³/mol. The van der Waals surface area contributed by atoms with Crippen LogP contribution in [0.15, 0.2) is 53.1 Å². The van der Waals surface area contributed by atoms with Crippen molar-refractivity contribution < 1.29 is 14.2 Å². The largest absolute Gasteiger partial charge is 0.343 e. The Bertz CT molecular complexity index is 901. The van der Waals surface area contributed by atoms with Crippen LogP contribution >= 0.6 is 0 Å². The van der Waals surface area contributed by atoms with Gasteiger partial charge in [0.2, 0.25) is 11.7 Å². The van der Waals surface area contributed by atoms with Gasteiger partial charge in [-0.25, -0.2) is 0 Å². The van der Waals surface area contributed by atoms with Crippen molar-refractivity contribution in [3.05, 3.63) is 75.7 Å². The predicted octanol–water partition coefficient (Wildman–Crippen LogP) is 2.88. The molecule has 1 N–H and O–H groups in total. The van der Waals surface area contributed by atoms with Gasteiger partial charge in [0.25, 0.3) is 11.6 Å².